The third kappa shape index (κ3) is 4.46. The minimum Gasteiger partial charge on any atom is -0.485 e. The summed E-state index contributed by atoms with van der Waals surface area (Å²) >= 11 is 0. The molecule has 1 heterocycles. The number of benzene rings is 2. The number of rotatable bonds is 8. The van der Waals surface area contributed by atoms with E-state index in [9.17, 15) is 4.39 Å². The van der Waals surface area contributed by atoms with Crippen molar-refractivity contribution in [2.45, 2.75) is 38.6 Å². The molecule has 2 aromatic carbocycles. The van der Waals surface area contributed by atoms with Crippen molar-refractivity contribution in [3.05, 3.63) is 77.7 Å². The van der Waals surface area contributed by atoms with Gasteiger partial charge in [-0.25, -0.2) is 4.39 Å². The van der Waals surface area contributed by atoms with Crippen LogP contribution in [-0.2, 0) is 19.7 Å². The van der Waals surface area contributed by atoms with Gasteiger partial charge in [0.1, 0.15) is 11.6 Å². The fraction of sp³-hybridized carbons (Fsp3) is 0.300. The summed E-state index contributed by atoms with van der Waals surface area (Å²) in [5, 5.41) is 3.98. The maximum atomic E-state index is 12.9. The van der Waals surface area contributed by atoms with Gasteiger partial charge in [-0.3, -0.25) is 4.90 Å². The standard InChI is InChI=1S/C20H20FN3O2/c21-16-6-10-18(11-7-16)25-14-19-22-20(26-23-19)13-24(17-8-9-17)12-15-4-2-1-3-5-15/h1-7,10-11,17H,8-9,12-14H2. The van der Waals surface area contributed by atoms with Crippen LogP contribution in [0.15, 0.2) is 59.1 Å². The highest BCUT2D eigenvalue weighted by Gasteiger charge is 2.30. The van der Waals surface area contributed by atoms with Gasteiger partial charge in [0.25, 0.3) is 0 Å². The van der Waals surface area contributed by atoms with E-state index in [0.29, 0.717) is 30.1 Å². The molecule has 0 radical (unpaired) electrons. The second kappa shape index (κ2) is 7.66. The Morgan fingerprint density at radius 1 is 1.04 bits per heavy atom. The summed E-state index contributed by atoms with van der Waals surface area (Å²) in [4.78, 5) is 6.78. The molecule has 0 atom stereocenters. The Bertz CT molecular complexity index is 832. The number of nitrogens with zero attached hydrogens (tertiary/aromatic N) is 3. The molecular formula is C20H20FN3O2. The van der Waals surface area contributed by atoms with Crippen LogP contribution in [0.4, 0.5) is 4.39 Å². The molecule has 0 aliphatic heterocycles. The molecule has 134 valence electrons. The first-order valence-electron chi connectivity index (χ1n) is 8.74. The lowest BCUT2D eigenvalue weighted by atomic mass is 10.2. The average Bonchev–Trinajstić information content (AvgIpc) is 3.42. The normalized spacial score (nSPS) is 13.9. The van der Waals surface area contributed by atoms with Crippen molar-refractivity contribution in [2.24, 2.45) is 0 Å². The van der Waals surface area contributed by atoms with Crippen LogP contribution in [0, 0.1) is 5.82 Å². The highest BCUT2D eigenvalue weighted by Crippen LogP contribution is 2.29. The first kappa shape index (κ1) is 16.7. The second-order valence-electron chi connectivity index (χ2n) is 6.47. The fourth-order valence-electron chi connectivity index (χ4n) is 2.84. The molecule has 0 spiro atoms. The van der Waals surface area contributed by atoms with E-state index in [-0.39, 0.29) is 12.4 Å². The van der Waals surface area contributed by atoms with Crippen LogP contribution in [0.25, 0.3) is 0 Å². The maximum absolute atomic E-state index is 12.9. The van der Waals surface area contributed by atoms with Crippen molar-refractivity contribution in [1.29, 1.82) is 0 Å². The number of halogens is 1. The van der Waals surface area contributed by atoms with E-state index in [4.69, 9.17) is 9.26 Å². The molecule has 1 aliphatic rings. The molecule has 0 amide bonds. The van der Waals surface area contributed by atoms with E-state index in [1.54, 1.807) is 12.1 Å². The molecule has 4 rings (SSSR count). The summed E-state index contributed by atoms with van der Waals surface area (Å²) in [6.45, 7) is 1.69. The lowest BCUT2D eigenvalue weighted by molar-refractivity contribution is 0.209. The molecule has 0 unspecified atom stereocenters. The third-order valence-electron chi connectivity index (χ3n) is 4.32. The van der Waals surface area contributed by atoms with E-state index in [2.05, 4.69) is 39.3 Å². The smallest absolute Gasteiger partial charge is 0.240 e. The van der Waals surface area contributed by atoms with E-state index in [1.807, 2.05) is 6.07 Å². The van der Waals surface area contributed by atoms with Gasteiger partial charge in [0.15, 0.2) is 6.61 Å². The Kier molecular flexibility index (Phi) is 4.93. The molecule has 6 heteroatoms. The summed E-state index contributed by atoms with van der Waals surface area (Å²) in [6.07, 6.45) is 2.42. The van der Waals surface area contributed by atoms with Crippen LogP contribution >= 0.6 is 0 Å². The number of hydrogen-bond acceptors (Lipinski definition) is 5. The van der Waals surface area contributed by atoms with Crippen LogP contribution in [0.2, 0.25) is 0 Å². The summed E-state index contributed by atoms with van der Waals surface area (Å²) < 4.78 is 23.8. The monoisotopic (exact) mass is 353 g/mol. The SMILES string of the molecule is Fc1ccc(OCc2noc(CN(Cc3ccccc3)C3CC3)n2)cc1. The van der Waals surface area contributed by atoms with Crippen molar-refractivity contribution in [2.75, 3.05) is 0 Å². The zero-order chi connectivity index (χ0) is 17.8. The fourth-order valence-corrected chi connectivity index (χ4v) is 2.84. The summed E-state index contributed by atoms with van der Waals surface area (Å²) in [5.41, 5.74) is 1.28. The molecule has 0 N–H and O–H groups in total. The first-order chi connectivity index (χ1) is 12.8. The van der Waals surface area contributed by atoms with Gasteiger partial charge in [0.2, 0.25) is 11.7 Å². The van der Waals surface area contributed by atoms with Gasteiger partial charge < -0.3 is 9.26 Å². The Labute approximate surface area is 151 Å². The minimum atomic E-state index is -0.294. The van der Waals surface area contributed by atoms with E-state index >= 15 is 0 Å². The molecule has 1 aromatic heterocycles. The van der Waals surface area contributed by atoms with E-state index < -0.39 is 0 Å². The van der Waals surface area contributed by atoms with Crippen molar-refractivity contribution < 1.29 is 13.7 Å². The van der Waals surface area contributed by atoms with Crippen molar-refractivity contribution in [3.63, 3.8) is 0 Å². The number of hydrogen-bond donors (Lipinski definition) is 0. The van der Waals surface area contributed by atoms with Crippen molar-refractivity contribution in [3.8, 4) is 5.75 Å². The van der Waals surface area contributed by atoms with Gasteiger partial charge in [0, 0.05) is 12.6 Å². The predicted molar refractivity (Wildman–Crippen MR) is 93.7 cm³/mol. The highest BCUT2D eigenvalue weighted by molar-refractivity contribution is 5.22. The van der Waals surface area contributed by atoms with Gasteiger partial charge in [0.05, 0.1) is 6.54 Å². The summed E-state index contributed by atoms with van der Waals surface area (Å²) in [7, 11) is 0. The lowest BCUT2D eigenvalue weighted by Crippen LogP contribution is -2.25. The van der Waals surface area contributed by atoms with Gasteiger partial charge in [-0.2, -0.15) is 4.98 Å². The van der Waals surface area contributed by atoms with E-state index in [1.165, 1.54) is 30.5 Å². The van der Waals surface area contributed by atoms with Crippen LogP contribution in [-0.4, -0.2) is 21.1 Å². The Morgan fingerprint density at radius 2 is 1.81 bits per heavy atom. The van der Waals surface area contributed by atoms with Gasteiger partial charge in [-0.15, -0.1) is 0 Å². The molecule has 5 nitrogen and oxygen atoms in total. The van der Waals surface area contributed by atoms with Crippen molar-refractivity contribution in [1.82, 2.24) is 15.0 Å². The maximum Gasteiger partial charge on any atom is 0.240 e. The number of aromatic nitrogens is 2. The molecular weight excluding hydrogens is 333 g/mol. The highest BCUT2D eigenvalue weighted by atomic mass is 19.1. The van der Waals surface area contributed by atoms with Crippen LogP contribution in [0.3, 0.4) is 0 Å². The molecule has 3 aromatic rings. The lowest BCUT2D eigenvalue weighted by Gasteiger charge is -2.19. The molecule has 1 aliphatic carbocycles. The topological polar surface area (TPSA) is 51.4 Å². The Hall–Kier alpha value is -2.73. The van der Waals surface area contributed by atoms with Crippen LogP contribution in [0.1, 0.15) is 30.1 Å². The molecule has 1 saturated carbocycles. The molecule has 0 saturated heterocycles. The molecule has 26 heavy (non-hydrogen) atoms. The largest absolute Gasteiger partial charge is 0.485 e. The van der Waals surface area contributed by atoms with Crippen LogP contribution in [0.5, 0.6) is 5.75 Å². The van der Waals surface area contributed by atoms with Gasteiger partial charge >= 0.3 is 0 Å². The summed E-state index contributed by atoms with van der Waals surface area (Å²) in [6, 6.07) is 16.8. The minimum absolute atomic E-state index is 0.192. The summed E-state index contributed by atoms with van der Waals surface area (Å²) in [5.74, 6) is 1.35. The Morgan fingerprint density at radius 3 is 2.54 bits per heavy atom. The van der Waals surface area contributed by atoms with Gasteiger partial charge in [-0.05, 0) is 42.7 Å². The first-order valence-corrected chi connectivity index (χ1v) is 8.74. The quantitative estimate of drug-likeness (QED) is 0.614. The average molecular weight is 353 g/mol. The van der Waals surface area contributed by atoms with E-state index in [0.717, 1.165) is 6.54 Å². The third-order valence-corrected chi connectivity index (χ3v) is 4.32. The van der Waals surface area contributed by atoms with Crippen molar-refractivity contribution >= 4 is 0 Å². The van der Waals surface area contributed by atoms with Crippen LogP contribution < -0.4 is 4.74 Å². The molecule has 0 bridgehead atoms. The number of ether oxygens (including phenoxy) is 1. The Balaban J connectivity index is 1.35. The molecule has 1 fully saturated rings. The zero-order valence-electron chi connectivity index (χ0n) is 14.3. The van der Waals surface area contributed by atoms with Gasteiger partial charge in [-0.1, -0.05) is 35.5 Å². The second-order valence-corrected chi connectivity index (χ2v) is 6.47. The predicted octanol–water partition coefficient (Wildman–Crippen LogP) is 3.95. The zero-order valence-corrected chi connectivity index (χ0v) is 14.3.